The normalized spacial score (nSPS) is 23.1. The smallest absolute Gasteiger partial charge is 0.227 e. The lowest BCUT2D eigenvalue weighted by atomic mass is 9.82. The zero-order chi connectivity index (χ0) is 13.7. The van der Waals surface area contributed by atoms with Crippen molar-refractivity contribution in [2.45, 2.75) is 39.0 Å². The molecule has 104 valence electrons. The lowest BCUT2D eigenvalue weighted by Crippen LogP contribution is -2.26. The first kappa shape index (κ1) is 14.6. The van der Waals surface area contributed by atoms with Crippen LogP contribution in [-0.4, -0.2) is 11.2 Å². The summed E-state index contributed by atoms with van der Waals surface area (Å²) in [5.41, 5.74) is 2.21. The monoisotopic (exact) mass is 323 g/mol. The van der Waals surface area contributed by atoms with Gasteiger partial charge >= 0.3 is 0 Å². The van der Waals surface area contributed by atoms with E-state index >= 15 is 0 Å². The van der Waals surface area contributed by atoms with Gasteiger partial charge in [0.05, 0.1) is 0 Å². The van der Waals surface area contributed by atoms with Crippen LogP contribution in [0.15, 0.2) is 24.3 Å². The van der Waals surface area contributed by atoms with Gasteiger partial charge in [-0.15, -0.1) is 0 Å². The van der Waals surface area contributed by atoms with Gasteiger partial charge in [-0.2, -0.15) is 0 Å². The predicted octanol–water partition coefficient (Wildman–Crippen LogP) is 4.39. The number of rotatable bonds is 4. The molecule has 0 saturated heterocycles. The molecule has 1 saturated carbocycles. The van der Waals surface area contributed by atoms with Crippen molar-refractivity contribution in [1.29, 1.82) is 0 Å². The lowest BCUT2D eigenvalue weighted by molar-refractivity contribution is -0.121. The van der Waals surface area contributed by atoms with E-state index in [0.717, 1.165) is 36.2 Å². The lowest BCUT2D eigenvalue weighted by Gasteiger charge is -2.25. The average Bonchev–Trinajstić information content (AvgIpc) is 2.42. The number of carbonyl (C=O) groups excluding carboxylic acids is 1. The van der Waals surface area contributed by atoms with Crippen LogP contribution in [0.25, 0.3) is 0 Å². The van der Waals surface area contributed by atoms with Gasteiger partial charge in [-0.25, -0.2) is 0 Å². The quantitative estimate of drug-likeness (QED) is 0.818. The average molecular weight is 324 g/mol. The standard InChI is InChI=1S/C16H22BrNO/c1-12-2-6-14(7-3-12)16(19)18-15-8-4-13(5-9-15)10-11-17/h4-5,8-9,12,14H,2-3,6-7,10-11H2,1H3,(H,18,19). The topological polar surface area (TPSA) is 29.1 Å². The maximum atomic E-state index is 12.2. The van der Waals surface area contributed by atoms with Crippen molar-refractivity contribution in [3.8, 4) is 0 Å². The highest BCUT2D eigenvalue weighted by Gasteiger charge is 2.24. The summed E-state index contributed by atoms with van der Waals surface area (Å²) in [7, 11) is 0. The van der Waals surface area contributed by atoms with Crippen molar-refractivity contribution < 1.29 is 4.79 Å². The summed E-state index contributed by atoms with van der Waals surface area (Å²) in [4.78, 5) is 12.2. The van der Waals surface area contributed by atoms with Gasteiger partial charge in [-0.05, 0) is 55.7 Å². The number of anilines is 1. The van der Waals surface area contributed by atoms with Crippen LogP contribution in [0.3, 0.4) is 0 Å². The predicted molar refractivity (Wildman–Crippen MR) is 83.7 cm³/mol. The molecule has 1 aliphatic carbocycles. The number of hydrogen-bond donors (Lipinski definition) is 1. The molecule has 0 radical (unpaired) electrons. The van der Waals surface area contributed by atoms with Crippen molar-refractivity contribution in [3.63, 3.8) is 0 Å². The second-order valence-corrected chi connectivity index (χ2v) is 6.37. The van der Waals surface area contributed by atoms with Gasteiger partial charge in [0.1, 0.15) is 0 Å². The van der Waals surface area contributed by atoms with Gasteiger partial charge in [-0.3, -0.25) is 4.79 Å². The van der Waals surface area contributed by atoms with E-state index in [9.17, 15) is 4.79 Å². The van der Waals surface area contributed by atoms with Crippen molar-refractivity contribution in [2.24, 2.45) is 11.8 Å². The van der Waals surface area contributed by atoms with E-state index < -0.39 is 0 Å². The molecular weight excluding hydrogens is 302 g/mol. The van der Waals surface area contributed by atoms with Crippen molar-refractivity contribution in [3.05, 3.63) is 29.8 Å². The Morgan fingerprint density at radius 1 is 1.21 bits per heavy atom. The number of alkyl halides is 1. The molecule has 0 aromatic heterocycles. The Morgan fingerprint density at radius 2 is 1.84 bits per heavy atom. The van der Waals surface area contributed by atoms with Crippen molar-refractivity contribution in [2.75, 3.05) is 10.6 Å². The maximum Gasteiger partial charge on any atom is 0.227 e. The minimum Gasteiger partial charge on any atom is -0.326 e. The van der Waals surface area contributed by atoms with Crippen LogP contribution in [0.1, 0.15) is 38.2 Å². The van der Waals surface area contributed by atoms with Crippen LogP contribution in [0.2, 0.25) is 0 Å². The molecule has 1 amide bonds. The minimum atomic E-state index is 0.195. The Morgan fingerprint density at radius 3 is 2.42 bits per heavy atom. The number of aryl methyl sites for hydroxylation is 1. The molecule has 0 aliphatic heterocycles. The fourth-order valence-corrected chi connectivity index (χ4v) is 3.09. The Balaban J connectivity index is 1.88. The third-order valence-corrected chi connectivity index (χ3v) is 4.39. The summed E-state index contributed by atoms with van der Waals surface area (Å²) in [6.45, 7) is 2.27. The molecule has 1 aromatic carbocycles. The second kappa shape index (κ2) is 7.09. The van der Waals surface area contributed by atoms with Gasteiger partial charge in [0.25, 0.3) is 0 Å². The van der Waals surface area contributed by atoms with Crippen LogP contribution in [0.5, 0.6) is 0 Å². The van der Waals surface area contributed by atoms with Gasteiger partial charge in [-0.1, -0.05) is 35.0 Å². The molecule has 1 aliphatic rings. The summed E-state index contributed by atoms with van der Waals surface area (Å²) < 4.78 is 0. The summed E-state index contributed by atoms with van der Waals surface area (Å²) in [5, 5.41) is 4.02. The third kappa shape index (κ3) is 4.34. The molecule has 19 heavy (non-hydrogen) atoms. The highest BCUT2D eigenvalue weighted by atomic mass is 79.9. The van der Waals surface area contributed by atoms with E-state index in [1.807, 2.05) is 12.1 Å². The molecule has 1 fully saturated rings. The first-order chi connectivity index (χ1) is 9.19. The molecule has 3 heteroatoms. The Kier molecular flexibility index (Phi) is 5.44. The second-order valence-electron chi connectivity index (χ2n) is 5.58. The summed E-state index contributed by atoms with van der Waals surface area (Å²) in [6, 6.07) is 8.17. The van der Waals surface area contributed by atoms with Crippen LogP contribution < -0.4 is 5.32 Å². The minimum absolute atomic E-state index is 0.195. The van der Waals surface area contributed by atoms with E-state index in [0.29, 0.717) is 0 Å². The van der Waals surface area contributed by atoms with E-state index in [-0.39, 0.29) is 11.8 Å². The largest absolute Gasteiger partial charge is 0.326 e. The fourth-order valence-electron chi connectivity index (χ4n) is 2.63. The van der Waals surface area contributed by atoms with E-state index in [1.165, 1.54) is 18.4 Å². The SMILES string of the molecule is CC1CCC(C(=O)Nc2ccc(CCBr)cc2)CC1. The molecule has 0 bridgehead atoms. The third-order valence-electron chi connectivity index (χ3n) is 3.99. The van der Waals surface area contributed by atoms with E-state index in [2.05, 4.69) is 40.3 Å². The molecule has 0 spiro atoms. The number of carbonyl (C=O) groups is 1. The molecule has 0 unspecified atom stereocenters. The molecule has 1 N–H and O–H groups in total. The van der Waals surface area contributed by atoms with Gasteiger partial charge in [0.2, 0.25) is 5.91 Å². The fraction of sp³-hybridized carbons (Fsp3) is 0.562. The van der Waals surface area contributed by atoms with Crippen LogP contribution in [0.4, 0.5) is 5.69 Å². The van der Waals surface area contributed by atoms with Crippen molar-refractivity contribution >= 4 is 27.5 Å². The first-order valence-electron chi connectivity index (χ1n) is 7.15. The molecule has 0 atom stereocenters. The highest BCUT2D eigenvalue weighted by molar-refractivity contribution is 9.09. The van der Waals surface area contributed by atoms with Crippen LogP contribution in [0, 0.1) is 11.8 Å². The zero-order valence-electron chi connectivity index (χ0n) is 11.5. The Hall–Kier alpha value is -0.830. The van der Waals surface area contributed by atoms with Crippen LogP contribution in [-0.2, 0) is 11.2 Å². The van der Waals surface area contributed by atoms with E-state index in [1.54, 1.807) is 0 Å². The molecule has 0 heterocycles. The number of halogens is 1. The van der Waals surface area contributed by atoms with Gasteiger partial charge in [0, 0.05) is 16.9 Å². The Bertz CT molecular complexity index is 407. The molecule has 2 rings (SSSR count). The molecule has 1 aromatic rings. The molecular formula is C16H22BrNO. The Labute approximate surface area is 124 Å². The number of benzene rings is 1. The van der Waals surface area contributed by atoms with Gasteiger partial charge in [0.15, 0.2) is 0 Å². The van der Waals surface area contributed by atoms with Crippen molar-refractivity contribution in [1.82, 2.24) is 0 Å². The number of amides is 1. The highest BCUT2D eigenvalue weighted by Crippen LogP contribution is 2.29. The first-order valence-corrected chi connectivity index (χ1v) is 8.27. The summed E-state index contributed by atoms with van der Waals surface area (Å²) in [6.07, 6.45) is 5.46. The summed E-state index contributed by atoms with van der Waals surface area (Å²) >= 11 is 3.43. The summed E-state index contributed by atoms with van der Waals surface area (Å²) in [5.74, 6) is 1.19. The zero-order valence-corrected chi connectivity index (χ0v) is 13.1. The van der Waals surface area contributed by atoms with E-state index in [4.69, 9.17) is 0 Å². The number of nitrogens with one attached hydrogen (secondary N) is 1. The van der Waals surface area contributed by atoms with Gasteiger partial charge < -0.3 is 5.32 Å². The maximum absolute atomic E-state index is 12.2. The number of hydrogen-bond acceptors (Lipinski definition) is 1. The van der Waals surface area contributed by atoms with Crippen LogP contribution >= 0.6 is 15.9 Å². The molecule has 2 nitrogen and oxygen atoms in total.